The van der Waals surface area contributed by atoms with E-state index in [1.165, 1.54) is 11.6 Å². The summed E-state index contributed by atoms with van der Waals surface area (Å²) in [5.41, 5.74) is 2.33. The van der Waals surface area contributed by atoms with Crippen molar-refractivity contribution in [3.8, 4) is 0 Å². The Balaban J connectivity index is 1.89. The van der Waals surface area contributed by atoms with Crippen molar-refractivity contribution in [1.82, 2.24) is 5.32 Å². The zero-order valence-electron chi connectivity index (χ0n) is 10.1. The van der Waals surface area contributed by atoms with Crippen LogP contribution in [0.4, 0.5) is 5.69 Å². The lowest BCUT2D eigenvalue weighted by Crippen LogP contribution is -2.16. The van der Waals surface area contributed by atoms with Crippen molar-refractivity contribution >= 4 is 33.0 Å². The molecule has 2 rings (SSSR count). The average molecular weight is 341 g/mol. The summed E-state index contributed by atoms with van der Waals surface area (Å²) < 4.78 is 0.558. The summed E-state index contributed by atoms with van der Waals surface area (Å²) >= 11 is 4.98. The number of nitrogens with one attached hydrogen (secondary N) is 1. The molecule has 0 aliphatic rings. The van der Waals surface area contributed by atoms with Gasteiger partial charge in [0.15, 0.2) is 0 Å². The van der Waals surface area contributed by atoms with E-state index >= 15 is 0 Å². The Morgan fingerprint density at radius 3 is 2.89 bits per heavy atom. The van der Waals surface area contributed by atoms with Crippen molar-refractivity contribution in [3.63, 3.8) is 0 Å². The average Bonchev–Trinajstić information content (AvgIpc) is 2.89. The standard InChI is InChI=1S/C13H13BrN2O2S/c14-13-11(2-1-3-12(13)16(17)18)8-15-6-4-10-5-7-19-9-10/h1-3,5,7,9,15H,4,6,8H2. The molecule has 1 heterocycles. The number of nitro benzene ring substituents is 1. The molecule has 0 radical (unpaired) electrons. The fraction of sp³-hybridized carbons (Fsp3) is 0.231. The monoisotopic (exact) mass is 340 g/mol. The molecule has 100 valence electrons. The van der Waals surface area contributed by atoms with E-state index in [4.69, 9.17) is 0 Å². The van der Waals surface area contributed by atoms with Gasteiger partial charge in [0.05, 0.1) is 9.40 Å². The van der Waals surface area contributed by atoms with Crippen LogP contribution >= 0.6 is 27.3 Å². The topological polar surface area (TPSA) is 55.2 Å². The summed E-state index contributed by atoms with van der Waals surface area (Å²) in [6, 6.07) is 7.20. The first kappa shape index (κ1) is 14.2. The van der Waals surface area contributed by atoms with Crippen molar-refractivity contribution in [1.29, 1.82) is 0 Å². The second kappa shape index (κ2) is 6.79. The molecule has 0 amide bonds. The summed E-state index contributed by atoms with van der Waals surface area (Å²) in [6.07, 6.45) is 0.968. The van der Waals surface area contributed by atoms with Crippen LogP contribution in [0.3, 0.4) is 0 Å². The van der Waals surface area contributed by atoms with E-state index in [9.17, 15) is 10.1 Å². The molecule has 1 aromatic heterocycles. The maximum atomic E-state index is 10.8. The van der Waals surface area contributed by atoms with Gasteiger partial charge in [0.25, 0.3) is 5.69 Å². The lowest BCUT2D eigenvalue weighted by atomic mass is 10.2. The number of thiophene rings is 1. The molecule has 0 bridgehead atoms. The van der Waals surface area contributed by atoms with Gasteiger partial charge in [-0.3, -0.25) is 10.1 Å². The van der Waals surface area contributed by atoms with Gasteiger partial charge in [-0.15, -0.1) is 0 Å². The minimum absolute atomic E-state index is 0.108. The van der Waals surface area contributed by atoms with Gasteiger partial charge in [-0.2, -0.15) is 11.3 Å². The van der Waals surface area contributed by atoms with E-state index in [-0.39, 0.29) is 10.6 Å². The minimum Gasteiger partial charge on any atom is -0.312 e. The molecule has 0 aliphatic heterocycles. The molecule has 0 unspecified atom stereocenters. The summed E-state index contributed by atoms with van der Waals surface area (Å²) in [5, 5.41) is 18.3. The summed E-state index contributed by atoms with van der Waals surface area (Å²) in [7, 11) is 0. The molecule has 0 saturated heterocycles. The van der Waals surface area contributed by atoms with Gasteiger partial charge in [0, 0.05) is 12.6 Å². The number of benzene rings is 1. The summed E-state index contributed by atoms with van der Waals surface area (Å²) in [4.78, 5) is 10.4. The summed E-state index contributed by atoms with van der Waals surface area (Å²) in [6.45, 7) is 1.47. The number of nitrogens with zero attached hydrogens (tertiary/aromatic N) is 1. The molecule has 19 heavy (non-hydrogen) atoms. The molecule has 6 heteroatoms. The maximum Gasteiger partial charge on any atom is 0.283 e. The SMILES string of the molecule is O=[N+]([O-])c1cccc(CNCCc2ccsc2)c1Br. The van der Waals surface area contributed by atoms with Gasteiger partial charge >= 0.3 is 0 Å². The second-order valence-electron chi connectivity index (χ2n) is 4.07. The normalized spacial score (nSPS) is 10.6. The van der Waals surface area contributed by atoms with E-state index in [0.29, 0.717) is 11.0 Å². The van der Waals surface area contributed by atoms with Crippen molar-refractivity contribution in [3.05, 3.63) is 60.7 Å². The third kappa shape index (κ3) is 3.86. The van der Waals surface area contributed by atoms with E-state index in [1.807, 2.05) is 6.07 Å². The van der Waals surface area contributed by atoms with Crippen LogP contribution in [0, 0.1) is 10.1 Å². The molecule has 0 aliphatic carbocycles. The third-order valence-electron chi connectivity index (χ3n) is 2.74. The molecular weight excluding hydrogens is 328 g/mol. The summed E-state index contributed by atoms with van der Waals surface area (Å²) in [5.74, 6) is 0. The number of halogens is 1. The maximum absolute atomic E-state index is 10.8. The van der Waals surface area contributed by atoms with E-state index < -0.39 is 0 Å². The third-order valence-corrected chi connectivity index (χ3v) is 4.39. The Morgan fingerprint density at radius 1 is 1.37 bits per heavy atom. The Bertz CT molecular complexity index is 558. The lowest BCUT2D eigenvalue weighted by molar-refractivity contribution is -0.385. The van der Waals surface area contributed by atoms with Gasteiger partial charge in [-0.05, 0) is 56.8 Å². The van der Waals surface area contributed by atoms with E-state index in [1.54, 1.807) is 17.4 Å². The van der Waals surface area contributed by atoms with Crippen molar-refractivity contribution in [2.45, 2.75) is 13.0 Å². The van der Waals surface area contributed by atoms with E-state index in [0.717, 1.165) is 18.5 Å². The molecule has 0 spiro atoms. The number of nitro groups is 1. The van der Waals surface area contributed by atoms with Gasteiger partial charge in [-0.1, -0.05) is 12.1 Å². The van der Waals surface area contributed by atoms with Crippen molar-refractivity contribution in [2.24, 2.45) is 0 Å². The van der Waals surface area contributed by atoms with Gasteiger partial charge < -0.3 is 5.32 Å². The highest BCUT2D eigenvalue weighted by Gasteiger charge is 2.14. The first-order chi connectivity index (χ1) is 9.18. The van der Waals surface area contributed by atoms with Crippen molar-refractivity contribution < 1.29 is 4.92 Å². The van der Waals surface area contributed by atoms with Crippen LogP contribution in [0.1, 0.15) is 11.1 Å². The lowest BCUT2D eigenvalue weighted by Gasteiger charge is -2.06. The second-order valence-corrected chi connectivity index (χ2v) is 5.64. The van der Waals surface area contributed by atoms with E-state index in [2.05, 4.69) is 38.1 Å². The predicted octanol–water partition coefficient (Wildman–Crippen LogP) is 3.75. The molecule has 2 aromatic rings. The Hall–Kier alpha value is -1.24. The zero-order valence-corrected chi connectivity index (χ0v) is 12.5. The van der Waals surface area contributed by atoms with Crippen LogP contribution in [0.2, 0.25) is 0 Å². The molecule has 1 N–H and O–H groups in total. The van der Waals surface area contributed by atoms with Crippen LogP contribution in [0.5, 0.6) is 0 Å². The Kier molecular flexibility index (Phi) is 5.07. The number of rotatable bonds is 6. The zero-order chi connectivity index (χ0) is 13.7. The predicted molar refractivity (Wildman–Crippen MR) is 80.5 cm³/mol. The number of hydrogen-bond acceptors (Lipinski definition) is 4. The first-order valence-corrected chi connectivity index (χ1v) is 7.55. The van der Waals surface area contributed by atoms with Gasteiger partial charge in [0.1, 0.15) is 0 Å². The quantitative estimate of drug-likeness (QED) is 0.495. The molecule has 0 saturated carbocycles. The molecule has 1 aromatic carbocycles. The molecule has 4 nitrogen and oxygen atoms in total. The van der Waals surface area contributed by atoms with Crippen LogP contribution in [-0.2, 0) is 13.0 Å². The largest absolute Gasteiger partial charge is 0.312 e. The molecule has 0 fully saturated rings. The fourth-order valence-electron chi connectivity index (χ4n) is 1.73. The van der Waals surface area contributed by atoms with Gasteiger partial charge in [-0.25, -0.2) is 0 Å². The van der Waals surface area contributed by atoms with Crippen LogP contribution in [0.15, 0.2) is 39.5 Å². The highest BCUT2D eigenvalue weighted by molar-refractivity contribution is 9.10. The molecular formula is C13H13BrN2O2S. The fourth-order valence-corrected chi connectivity index (χ4v) is 2.99. The van der Waals surface area contributed by atoms with Crippen LogP contribution in [-0.4, -0.2) is 11.5 Å². The highest BCUT2D eigenvalue weighted by Crippen LogP contribution is 2.28. The highest BCUT2D eigenvalue weighted by atomic mass is 79.9. The first-order valence-electron chi connectivity index (χ1n) is 5.82. The molecule has 0 atom stereocenters. The smallest absolute Gasteiger partial charge is 0.283 e. The Morgan fingerprint density at radius 2 is 2.21 bits per heavy atom. The van der Waals surface area contributed by atoms with Gasteiger partial charge in [0.2, 0.25) is 0 Å². The van der Waals surface area contributed by atoms with Crippen LogP contribution in [0.25, 0.3) is 0 Å². The minimum atomic E-state index is -0.376. The number of hydrogen-bond donors (Lipinski definition) is 1. The van der Waals surface area contributed by atoms with Crippen molar-refractivity contribution in [2.75, 3.05) is 6.54 Å². The Labute approximate surface area is 123 Å². The van der Waals surface area contributed by atoms with Crippen LogP contribution < -0.4 is 5.32 Å².